The van der Waals surface area contributed by atoms with Gasteiger partial charge in [-0.15, -0.1) is 0 Å². The minimum atomic E-state index is -0.306. The van der Waals surface area contributed by atoms with Crippen LogP contribution < -0.4 is 10.5 Å². The van der Waals surface area contributed by atoms with Crippen LogP contribution in [0.4, 0.5) is 5.82 Å². The molecular weight excluding hydrogens is 190 g/mol. The summed E-state index contributed by atoms with van der Waals surface area (Å²) in [5.41, 5.74) is 0.619. The van der Waals surface area contributed by atoms with Gasteiger partial charge in [0, 0.05) is 13.1 Å². The summed E-state index contributed by atoms with van der Waals surface area (Å²) in [5.74, 6) is 0.779. The molecule has 0 radical (unpaired) electrons. The Kier molecular flexibility index (Phi) is 3.51. The van der Waals surface area contributed by atoms with E-state index in [-0.39, 0.29) is 11.1 Å². The molecule has 4 nitrogen and oxygen atoms in total. The number of hydrogen-bond acceptors (Lipinski definition) is 3. The number of nitrogens with zero attached hydrogens (tertiary/aromatic N) is 2. The Bertz CT molecular complexity index is 438. The van der Waals surface area contributed by atoms with E-state index in [9.17, 15) is 4.79 Å². The van der Waals surface area contributed by atoms with Gasteiger partial charge in [-0.1, -0.05) is 0 Å². The molecule has 1 aromatic heterocycles. The van der Waals surface area contributed by atoms with Gasteiger partial charge < -0.3 is 9.88 Å². The number of aryl methyl sites for hydroxylation is 1. The maximum atomic E-state index is 11.5. The van der Waals surface area contributed by atoms with Gasteiger partial charge in [0.05, 0.1) is 0 Å². The van der Waals surface area contributed by atoms with Gasteiger partial charge in [-0.3, -0.25) is 4.79 Å². The number of pyridine rings is 1. The summed E-state index contributed by atoms with van der Waals surface area (Å²) in [5, 5.41) is 8.76. The van der Waals surface area contributed by atoms with Crippen LogP contribution in [0.1, 0.15) is 25.0 Å². The van der Waals surface area contributed by atoms with Gasteiger partial charge in [-0.25, -0.2) is 0 Å². The SMILES string of the molecule is CCN(CC)c1cc(C)c(C#N)c(=O)[nH]1. The van der Waals surface area contributed by atoms with Gasteiger partial charge in [0.2, 0.25) is 0 Å². The molecule has 4 heteroatoms. The second-order valence-corrected chi connectivity index (χ2v) is 3.33. The lowest BCUT2D eigenvalue weighted by molar-refractivity contribution is 0.840. The van der Waals surface area contributed by atoms with Crippen molar-refractivity contribution in [2.75, 3.05) is 18.0 Å². The Balaban J connectivity index is 3.26. The predicted molar refractivity (Wildman–Crippen MR) is 60.1 cm³/mol. The normalized spacial score (nSPS) is 9.73. The molecule has 1 N–H and O–H groups in total. The van der Waals surface area contributed by atoms with Crippen LogP contribution in [-0.4, -0.2) is 18.1 Å². The minimum Gasteiger partial charge on any atom is -0.359 e. The second kappa shape index (κ2) is 4.65. The number of rotatable bonds is 3. The largest absolute Gasteiger partial charge is 0.359 e. The summed E-state index contributed by atoms with van der Waals surface area (Å²) >= 11 is 0. The summed E-state index contributed by atoms with van der Waals surface area (Å²) in [4.78, 5) is 16.3. The summed E-state index contributed by atoms with van der Waals surface area (Å²) in [6.45, 7) is 7.49. The molecule has 0 aliphatic carbocycles. The number of aromatic nitrogens is 1. The Morgan fingerprint density at radius 1 is 1.47 bits per heavy atom. The van der Waals surface area contributed by atoms with Crippen molar-refractivity contribution in [1.82, 2.24) is 4.98 Å². The monoisotopic (exact) mass is 205 g/mol. The van der Waals surface area contributed by atoms with Crippen LogP contribution in [0.3, 0.4) is 0 Å². The first kappa shape index (κ1) is 11.3. The van der Waals surface area contributed by atoms with Crippen molar-refractivity contribution < 1.29 is 0 Å². The average Bonchev–Trinajstić information content (AvgIpc) is 2.19. The van der Waals surface area contributed by atoms with E-state index in [4.69, 9.17) is 5.26 Å². The van der Waals surface area contributed by atoms with E-state index in [1.807, 2.05) is 30.9 Å². The van der Waals surface area contributed by atoms with Gasteiger partial charge in [-0.2, -0.15) is 5.26 Å². The fourth-order valence-electron chi connectivity index (χ4n) is 1.54. The Morgan fingerprint density at radius 3 is 2.47 bits per heavy atom. The number of H-pyrrole nitrogens is 1. The zero-order chi connectivity index (χ0) is 11.4. The Hall–Kier alpha value is -1.76. The summed E-state index contributed by atoms with van der Waals surface area (Å²) in [6.07, 6.45) is 0. The molecule has 0 unspecified atom stereocenters. The molecule has 0 atom stereocenters. The molecule has 0 aliphatic heterocycles. The number of aromatic amines is 1. The first-order valence-corrected chi connectivity index (χ1v) is 5.03. The van der Waals surface area contributed by atoms with Gasteiger partial charge >= 0.3 is 0 Å². The van der Waals surface area contributed by atoms with E-state index in [1.165, 1.54) is 0 Å². The van der Waals surface area contributed by atoms with Crippen LogP contribution in [0, 0.1) is 18.3 Å². The van der Waals surface area contributed by atoms with Gasteiger partial charge in [0.15, 0.2) is 0 Å². The first-order valence-electron chi connectivity index (χ1n) is 5.03. The molecule has 0 fully saturated rings. The lowest BCUT2D eigenvalue weighted by Gasteiger charge is -2.20. The quantitative estimate of drug-likeness (QED) is 0.811. The third-order valence-corrected chi connectivity index (χ3v) is 2.43. The second-order valence-electron chi connectivity index (χ2n) is 3.33. The molecule has 0 aromatic carbocycles. The molecule has 0 spiro atoms. The van der Waals surface area contributed by atoms with Crippen molar-refractivity contribution in [2.45, 2.75) is 20.8 Å². The number of nitriles is 1. The van der Waals surface area contributed by atoms with E-state index in [1.54, 1.807) is 6.92 Å². The first-order chi connectivity index (χ1) is 7.13. The third-order valence-electron chi connectivity index (χ3n) is 2.43. The standard InChI is InChI=1S/C11H15N3O/c1-4-14(5-2)10-6-8(3)9(7-12)11(15)13-10/h6H,4-5H2,1-3H3,(H,13,15). The van der Waals surface area contributed by atoms with Crippen LogP contribution in [0.2, 0.25) is 0 Å². The lowest BCUT2D eigenvalue weighted by atomic mass is 10.1. The number of anilines is 1. The number of nitrogens with one attached hydrogen (secondary N) is 1. The molecule has 1 rings (SSSR count). The van der Waals surface area contributed by atoms with Crippen molar-refractivity contribution in [1.29, 1.82) is 5.26 Å². The van der Waals surface area contributed by atoms with Gasteiger partial charge in [0.25, 0.3) is 5.56 Å². The lowest BCUT2D eigenvalue weighted by Crippen LogP contribution is -2.26. The minimum absolute atomic E-state index is 0.200. The maximum Gasteiger partial charge on any atom is 0.267 e. The van der Waals surface area contributed by atoms with Crippen molar-refractivity contribution in [3.05, 3.63) is 27.5 Å². The molecule has 1 heterocycles. The molecule has 0 saturated heterocycles. The van der Waals surface area contributed by atoms with Crippen molar-refractivity contribution in [2.24, 2.45) is 0 Å². The smallest absolute Gasteiger partial charge is 0.267 e. The Labute approximate surface area is 89.2 Å². The van der Waals surface area contributed by atoms with Crippen molar-refractivity contribution >= 4 is 5.82 Å². The molecule has 80 valence electrons. The zero-order valence-corrected chi connectivity index (χ0v) is 9.29. The predicted octanol–water partition coefficient (Wildman–Crippen LogP) is 1.40. The Morgan fingerprint density at radius 2 is 2.07 bits per heavy atom. The van der Waals surface area contributed by atoms with Crippen molar-refractivity contribution in [3.63, 3.8) is 0 Å². The van der Waals surface area contributed by atoms with E-state index in [0.717, 1.165) is 24.5 Å². The number of hydrogen-bond donors (Lipinski definition) is 1. The van der Waals surface area contributed by atoms with E-state index in [0.29, 0.717) is 0 Å². The fraction of sp³-hybridized carbons (Fsp3) is 0.455. The van der Waals surface area contributed by atoms with Crippen LogP contribution >= 0.6 is 0 Å². The van der Waals surface area contributed by atoms with Gasteiger partial charge in [0.1, 0.15) is 17.5 Å². The van der Waals surface area contributed by atoms with Crippen LogP contribution in [0.5, 0.6) is 0 Å². The van der Waals surface area contributed by atoms with Gasteiger partial charge in [-0.05, 0) is 32.4 Å². The van der Waals surface area contributed by atoms with E-state index >= 15 is 0 Å². The molecule has 0 aliphatic rings. The summed E-state index contributed by atoms with van der Waals surface area (Å²) in [7, 11) is 0. The molecule has 0 bridgehead atoms. The van der Waals surface area contributed by atoms with E-state index < -0.39 is 0 Å². The zero-order valence-electron chi connectivity index (χ0n) is 9.29. The van der Waals surface area contributed by atoms with Crippen LogP contribution in [-0.2, 0) is 0 Å². The van der Waals surface area contributed by atoms with Crippen LogP contribution in [0.25, 0.3) is 0 Å². The fourth-order valence-corrected chi connectivity index (χ4v) is 1.54. The molecule has 15 heavy (non-hydrogen) atoms. The maximum absolute atomic E-state index is 11.5. The molecular formula is C11H15N3O. The molecule has 0 amide bonds. The van der Waals surface area contributed by atoms with E-state index in [2.05, 4.69) is 4.98 Å². The summed E-state index contributed by atoms with van der Waals surface area (Å²) < 4.78 is 0. The highest BCUT2D eigenvalue weighted by molar-refractivity contribution is 5.46. The highest BCUT2D eigenvalue weighted by Crippen LogP contribution is 2.11. The molecule has 0 saturated carbocycles. The summed E-state index contributed by atoms with van der Waals surface area (Å²) in [6, 6.07) is 3.74. The highest BCUT2D eigenvalue weighted by Gasteiger charge is 2.08. The highest BCUT2D eigenvalue weighted by atomic mass is 16.1. The third kappa shape index (κ3) is 2.18. The van der Waals surface area contributed by atoms with Crippen LogP contribution in [0.15, 0.2) is 10.9 Å². The molecule has 1 aromatic rings. The topological polar surface area (TPSA) is 59.9 Å². The average molecular weight is 205 g/mol. The van der Waals surface area contributed by atoms with Crippen molar-refractivity contribution in [3.8, 4) is 6.07 Å².